The minimum Gasteiger partial charge on any atom is -0.447 e. The predicted molar refractivity (Wildman–Crippen MR) is 140 cm³/mol. The number of pyridine rings is 1. The van der Waals surface area contributed by atoms with Gasteiger partial charge in [0.1, 0.15) is 23.3 Å². The maximum Gasteiger partial charge on any atom is 0.407 e. The van der Waals surface area contributed by atoms with Gasteiger partial charge in [-0.05, 0) is 43.2 Å². The van der Waals surface area contributed by atoms with E-state index in [1.807, 2.05) is 24.3 Å². The van der Waals surface area contributed by atoms with Gasteiger partial charge in [-0.3, -0.25) is 14.4 Å². The Hall–Kier alpha value is -4.03. The van der Waals surface area contributed by atoms with E-state index in [0.29, 0.717) is 6.42 Å². The van der Waals surface area contributed by atoms with Crippen molar-refractivity contribution in [2.45, 2.75) is 25.4 Å². The van der Waals surface area contributed by atoms with Gasteiger partial charge in [0.25, 0.3) is 5.56 Å². The molecule has 12 heteroatoms. The number of anilines is 1. The van der Waals surface area contributed by atoms with E-state index in [0.717, 1.165) is 15.2 Å². The molecule has 0 aliphatic rings. The smallest absolute Gasteiger partial charge is 0.407 e. The molecule has 37 heavy (non-hydrogen) atoms. The summed E-state index contributed by atoms with van der Waals surface area (Å²) in [7, 11) is 3.23. The highest BCUT2D eigenvalue weighted by Gasteiger charge is 2.22. The minimum absolute atomic E-state index is 0.0439. The molecule has 1 aromatic carbocycles. The van der Waals surface area contributed by atoms with Crippen LogP contribution in [-0.4, -0.2) is 70.8 Å². The van der Waals surface area contributed by atoms with Crippen LogP contribution in [-0.2, 0) is 20.9 Å². The number of para-hydroxylation sites is 1. The van der Waals surface area contributed by atoms with Crippen molar-refractivity contribution in [3.63, 3.8) is 0 Å². The van der Waals surface area contributed by atoms with Gasteiger partial charge in [-0.25, -0.2) is 9.78 Å². The number of hydrogen-bond donors (Lipinski definition) is 3. The van der Waals surface area contributed by atoms with Gasteiger partial charge in [0.15, 0.2) is 0 Å². The number of ether oxygens (including phenoxy) is 1. The van der Waals surface area contributed by atoms with E-state index in [1.165, 1.54) is 32.9 Å². The fraction of sp³-hybridized carbons (Fsp3) is 0.320. The number of alkyl carbamates (subject to hydrolysis) is 1. The second kappa shape index (κ2) is 13.3. The van der Waals surface area contributed by atoms with E-state index < -0.39 is 23.6 Å². The van der Waals surface area contributed by atoms with Crippen LogP contribution in [0, 0.1) is 0 Å². The molecule has 11 nitrogen and oxygen atoms in total. The zero-order valence-electron chi connectivity index (χ0n) is 20.5. The monoisotopic (exact) mass is 527 g/mol. The van der Waals surface area contributed by atoms with Crippen LogP contribution in [0.4, 0.5) is 10.5 Å². The number of rotatable bonds is 11. The number of aromatic nitrogens is 2. The number of carbonyl (C=O) groups excluding carboxylic acids is 3. The highest BCUT2D eigenvalue weighted by atomic mass is 32.1. The standard InChI is InChI=1S/C25H29N5O6S/c1-29(2)22(32)12-6-4-9-18(28-25(35)36-15-14-31)23(33)27-19-10-7-13-30(24(19)34)16-21-26-17-8-3-5-11-20(17)37-21/h3,5-8,10-13,18,31H,4,9,14-16H2,1-2H3,(H,27,33)(H,28,35)/b12-6+/t18-/m0/s1. The van der Waals surface area contributed by atoms with E-state index in [-0.39, 0.29) is 37.8 Å². The highest BCUT2D eigenvalue weighted by molar-refractivity contribution is 7.18. The molecule has 1 atom stereocenters. The molecule has 0 spiro atoms. The number of nitrogens with one attached hydrogen (secondary N) is 2. The molecule has 0 saturated carbocycles. The normalized spacial score (nSPS) is 11.9. The van der Waals surface area contributed by atoms with Crippen LogP contribution >= 0.6 is 11.3 Å². The minimum atomic E-state index is -1.05. The number of allylic oxidation sites excluding steroid dienone is 1. The molecule has 0 aliphatic heterocycles. The first-order chi connectivity index (χ1) is 17.8. The van der Waals surface area contributed by atoms with Gasteiger partial charge >= 0.3 is 6.09 Å². The molecule has 3 rings (SSSR count). The van der Waals surface area contributed by atoms with Crippen LogP contribution in [0.3, 0.4) is 0 Å². The lowest BCUT2D eigenvalue weighted by molar-refractivity contribution is -0.123. The Balaban J connectivity index is 1.72. The second-order valence-electron chi connectivity index (χ2n) is 8.19. The Morgan fingerprint density at radius 2 is 2.00 bits per heavy atom. The Morgan fingerprint density at radius 1 is 1.22 bits per heavy atom. The van der Waals surface area contributed by atoms with E-state index in [1.54, 1.807) is 32.4 Å². The quantitative estimate of drug-likeness (QED) is 0.324. The van der Waals surface area contributed by atoms with Crippen molar-refractivity contribution < 1.29 is 24.2 Å². The van der Waals surface area contributed by atoms with Gasteiger partial charge in [-0.2, -0.15) is 0 Å². The molecule has 0 fully saturated rings. The van der Waals surface area contributed by atoms with Crippen molar-refractivity contribution in [3.05, 3.63) is 70.1 Å². The Labute approximate surface area is 217 Å². The van der Waals surface area contributed by atoms with Crippen molar-refractivity contribution >= 4 is 45.1 Å². The number of hydrogen-bond acceptors (Lipinski definition) is 8. The van der Waals surface area contributed by atoms with Crippen molar-refractivity contribution in [2.75, 3.05) is 32.6 Å². The van der Waals surface area contributed by atoms with Crippen molar-refractivity contribution in [1.29, 1.82) is 0 Å². The summed E-state index contributed by atoms with van der Waals surface area (Å²) < 4.78 is 7.26. The average molecular weight is 528 g/mol. The maximum atomic E-state index is 13.0. The summed E-state index contributed by atoms with van der Waals surface area (Å²) in [5, 5.41) is 14.6. The Bertz CT molecular complexity index is 1300. The number of benzene rings is 1. The Kier molecular flexibility index (Phi) is 9.92. The molecule has 2 aromatic heterocycles. The fourth-order valence-corrected chi connectivity index (χ4v) is 4.26. The van der Waals surface area contributed by atoms with Crippen LogP contribution in [0.5, 0.6) is 0 Å². The second-order valence-corrected chi connectivity index (χ2v) is 9.30. The average Bonchev–Trinajstić information content (AvgIpc) is 3.29. The molecule has 0 radical (unpaired) electrons. The fourth-order valence-electron chi connectivity index (χ4n) is 3.30. The number of amides is 3. The van der Waals surface area contributed by atoms with E-state index in [9.17, 15) is 19.2 Å². The van der Waals surface area contributed by atoms with Crippen molar-refractivity contribution in [1.82, 2.24) is 19.8 Å². The largest absolute Gasteiger partial charge is 0.447 e. The van der Waals surface area contributed by atoms with Crippen molar-refractivity contribution in [3.8, 4) is 0 Å². The Morgan fingerprint density at radius 3 is 2.73 bits per heavy atom. The molecular weight excluding hydrogens is 498 g/mol. The highest BCUT2D eigenvalue weighted by Crippen LogP contribution is 2.22. The molecule has 0 bridgehead atoms. The van der Waals surface area contributed by atoms with Gasteiger partial charge in [0, 0.05) is 20.3 Å². The van der Waals surface area contributed by atoms with Crippen LogP contribution in [0.15, 0.2) is 59.5 Å². The summed E-state index contributed by atoms with van der Waals surface area (Å²) in [5.41, 5.74) is 0.471. The van der Waals surface area contributed by atoms with Gasteiger partial charge in [-0.15, -0.1) is 11.3 Å². The van der Waals surface area contributed by atoms with Crippen LogP contribution in [0.1, 0.15) is 17.8 Å². The number of nitrogens with zero attached hydrogens (tertiary/aromatic N) is 3. The topological polar surface area (TPSA) is 143 Å². The van der Waals surface area contributed by atoms with Gasteiger partial charge in [0.2, 0.25) is 11.8 Å². The number of carbonyl (C=O) groups is 3. The first kappa shape index (κ1) is 27.6. The molecule has 0 saturated heterocycles. The summed E-state index contributed by atoms with van der Waals surface area (Å²) in [6.45, 7) is -0.355. The molecule has 0 unspecified atom stereocenters. The summed E-state index contributed by atoms with van der Waals surface area (Å²) >= 11 is 1.48. The zero-order chi connectivity index (χ0) is 26.8. The number of fused-ring (bicyclic) bond motifs is 1. The van der Waals surface area contributed by atoms with Gasteiger partial charge in [0.05, 0.1) is 23.4 Å². The summed E-state index contributed by atoms with van der Waals surface area (Å²) in [6, 6.07) is 9.74. The maximum absolute atomic E-state index is 13.0. The summed E-state index contributed by atoms with van der Waals surface area (Å²) in [6.07, 6.45) is 4.13. The van der Waals surface area contributed by atoms with Crippen LogP contribution in [0.25, 0.3) is 10.2 Å². The summed E-state index contributed by atoms with van der Waals surface area (Å²) in [4.78, 5) is 55.7. The molecule has 2 heterocycles. The first-order valence-electron chi connectivity index (χ1n) is 11.5. The molecule has 0 aliphatic carbocycles. The number of aliphatic hydroxyl groups excluding tert-OH is 1. The summed E-state index contributed by atoms with van der Waals surface area (Å²) in [5.74, 6) is -0.836. The molecule has 3 N–H and O–H groups in total. The lowest BCUT2D eigenvalue weighted by Crippen LogP contribution is -2.45. The SMILES string of the molecule is CN(C)C(=O)/C=C/CC[C@H](NC(=O)OCCO)C(=O)Nc1cccn(Cc2nc3ccccc3s2)c1=O. The van der Waals surface area contributed by atoms with E-state index >= 15 is 0 Å². The third-order valence-electron chi connectivity index (χ3n) is 5.18. The third-order valence-corrected chi connectivity index (χ3v) is 6.20. The third kappa shape index (κ3) is 7.98. The number of aliphatic hydroxyl groups is 1. The molecule has 3 amide bonds. The molecule has 3 aromatic rings. The van der Waals surface area contributed by atoms with E-state index in [4.69, 9.17) is 9.84 Å². The lowest BCUT2D eigenvalue weighted by Gasteiger charge is -2.18. The van der Waals surface area contributed by atoms with Gasteiger partial charge in [-0.1, -0.05) is 18.2 Å². The zero-order valence-corrected chi connectivity index (χ0v) is 21.4. The van der Waals surface area contributed by atoms with E-state index in [2.05, 4.69) is 15.6 Å². The van der Waals surface area contributed by atoms with Crippen molar-refractivity contribution in [2.24, 2.45) is 0 Å². The first-order valence-corrected chi connectivity index (χ1v) is 12.4. The number of likely N-dealkylation sites (N-methyl/N-ethyl adjacent to an activating group) is 1. The molecule has 196 valence electrons. The van der Waals surface area contributed by atoms with Gasteiger partial charge < -0.3 is 29.9 Å². The number of thiazole rings is 1. The van der Waals surface area contributed by atoms with Crippen LogP contribution in [0.2, 0.25) is 0 Å². The van der Waals surface area contributed by atoms with Crippen LogP contribution < -0.4 is 16.2 Å². The predicted octanol–water partition coefficient (Wildman–Crippen LogP) is 1.96. The molecular formula is C25H29N5O6S. The lowest BCUT2D eigenvalue weighted by atomic mass is 10.1.